The third-order valence-electron chi connectivity index (χ3n) is 5.52. The van der Waals surface area contributed by atoms with E-state index in [-0.39, 0.29) is 23.8 Å². The number of allylic oxidation sites excluding steroid dienone is 2. The maximum absolute atomic E-state index is 14.1. The molecular weight excluding hydrogens is 417 g/mol. The summed E-state index contributed by atoms with van der Waals surface area (Å²) in [4.78, 5) is 17.6. The number of benzene rings is 1. The Morgan fingerprint density at radius 2 is 2.19 bits per heavy atom. The van der Waals surface area contributed by atoms with Crippen molar-refractivity contribution in [3.63, 3.8) is 0 Å². The van der Waals surface area contributed by atoms with E-state index in [1.165, 1.54) is 18.5 Å². The van der Waals surface area contributed by atoms with Crippen molar-refractivity contribution in [1.82, 2.24) is 19.9 Å². The van der Waals surface area contributed by atoms with Crippen LogP contribution in [0.15, 0.2) is 71.5 Å². The number of fused-ring (bicyclic) bond motifs is 2. The highest BCUT2D eigenvalue weighted by atomic mass is 35.5. The molecular formula is C22H17ClFN7. The quantitative estimate of drug-likeness (QED) is 0.638. The summed E-state index contributed by atoms with van der Waals surface area (Å²) in [5.74, 6) is 0.0291. The number of nitriles is 1. The maximum Gasteiger partial charge on any atom is 0.182 e. The second-order valence-electron chi connectivity index (χ2n) is 7.38. The lowest BCUT2D eigenvalue weighted by Crippen LogP contribution is -2.37. The van der Waals surface area contributed by atoms with E-state index in [2.05, 4.69) is 31.3 Å². The first kappa shape index (κ1) is 19.3. The number of rotatable bonds is 4. The molecule has 9 heteroatoms. The third kappa shape index (κ3) is 3.23. The van der Waals surface area contributed by atoms with Gasteiger partial charge in [-0.2, -0.15) is 5.26 Å². The molecule has 2 aliphatic rings. The van der Waals surface area contributed by atoms with E-state index in [0.29, 0.717) is 33.3 Å². The molecule has 0 amide bonds. The molecule has 0 bridgehead atoms. The van der Waals surface area contributed by atoms with Gasteiger partial charge in [-0.25, -0.2) is 19.3 Å². The molecule has 3 unspecified atom stereocenters. The zero-order valence-corrected chi connectivity index (χ0v) is 17.2. The van der Waals surface area contributed by atoms with E-state index >= 15 is 0 Å². The van der Waals surface area contributed by atoms with E-state index in [1.54, 1.807) is 18.5 Å². The van der Waals surface area contributed by atoms with Gasteiger partial charge in [0.1, 0.15) is 17.7 Å². The average Bonchev–Trinajstić information content (AvgIpc) is 3.36. The molecule has 154 valence electrons. The van der Waals surface area contributed by atoms with Gasteiger partial charge in [0, 0.05) is 16.6 Å². The summed E-state index contributed by atoms with van der Waals surface area (Å²) in [7, 11) is 0. The van der Waals surface area contributed by atoms with Crippen molar-refractivity contribution < 1.29 is 4.39 Å². The summed E-state index contributed by atoms with van der Waals surface area (Å²) in [5.41, 5.74) is 3.19. The Hall–Kier alpha value is -3.70. The van der Waals surface area contributed by atoms with E-state index in [1.807, 2.05) is 30.0 Å². The summed E-state index contributed by atoms with van der Waals surface area (Å²) >= 11 is 6.30. The number of aromatic amines is 1. The molecule has 1 aromatic carbocycles. The predicted octanol–water partition coefficient (Wildman–Crippen LogP) is 4.27. The number of hydrogen-bond acceptors (Lipinski definition) is 6. The van der Waals surface area contributed by atoms with Crippen molar-refractivity contribution in [2.45, 2.75) is 19.0 Å². The van der Waals surface area contributed by atoms with E-state index in [0.717, 1.165) is 5.70 Å². The molecule has 0 spiro atoms. The first-order valence-corrected chi connectivity index (χ1v) is 10.1. The van der Waals surface area contributed by atoms with Gasteiger partial charge in [-0.1, -0.05) is 23.7 Å². The SMILES string of the molecule is CC(Nc1ncnc2nc[nH]c12)C1=C(C#N)C2C=CC(Cl)=CC2N1c1cccc(F)c1. The fraction of sp³-hybridized carbons (Fsp3) is 0.182. The van der Waals surface area contributed by atoms with Crippen LogP contribution in [-0.2, 0) is 0 Å². The Kier molecular flexibility index (Phi) is 4.68. The van der Waals surface area contributed by atoms with Gasteiger partial charge in [0.05, 0.1) is 35.8 Å². The van der Waals surface area contributed by atoms with Crippen LogP contribution in [0.25, 0.3) is 11.2 Å². The fourth-order valence-electron chi connectivity index (χ4n) is 4.25. The predicted molar refractivity (Wildman–Crippen MR) is 117 cm³/mol. The van der Waals surface area contributed by atoms with Crippen molar-refractivity contribution >= 4 is 34.3 Å². The van der Waals surface area contributed by atoms with E-state index < -0.39 is 0 Å². The Morgan fingerprint density at radius 3 is 3.00 bits per heavy atom. The third-order valence-corrected chi connectivity index (χ3v) is 5.77. The van der Waals surface area contributed by atoms with Crippen molar-refractivity contribution in [2.75, 3.05) is 10.2 Å². The summed E-state index contributed by atoms with van der Waals surface area (Å²) in [6, 6.07) is 8.15. The second kappa shape index (κ2) is 7.52. The smallest absolute Gasteiger partial charge is 0.182 e. The molecule has 0 fully saturated rings. The number of aromatic nitrogens is 4. The van der Waals surface area contributed by atoms with Crippen LogP contribution in [-0.4, -0.2) is 32.0 Å². The van der Waals surface area contributed by atoms with Gasteiger partial charge in [0.2, 0.25) is 0 Å². The molecule has 3 heterocycles. The minimum atomic E-state index is -0.351. The van der Waals surface area contributed by atoms with Gasteiger partial charge >= 0.3 is 0 Å². The highest BCUT2D eigenvalue weighted by Gasteiger charge is 2.42. The molecule has 1 aliphatic heterocycles. The highest BCUT2D eigenvalue weighted by Crippen LogP contribution is 2.43. The van der Waals surface area contributed by atoms with Crippen LogP contribution in [0, 0.1) is 23.1 Å². The summed E-state index contributed by atoms with van der Waals surface area (Å²) in [6.07, 6.45) is 8.60. The van der Waals surface area contributed by atoms with Crippen LogP contribution < -0.4 is 10.2 Å². The van der Waals surface area contributed by atoms with Gasteiger partial charge in [-0.3, -0.25) is 0 Å². The summed E-state index contributed by atoms with van der Waals surface area (Å²) < 4.78 is 14.1. The van der Waals surface area contributed by atoms with Crippen molar-refractivity contribution in [2.24, 2.45) is 5.92 Å². The molecule has 3 aromatic rings. The van der Waals surface area contributed by atoms with Gasteiger partial charge < -0.3 is 15.2 Å². The summed E-state index contributed by atoms with van der Waals surface area (Å²) in [5, 5.41) is 14.0. The van der Waals surface area contributed by atoms with E-state index in [4.69, 9.17) is 11.6 Å². The number of nitrogens with zero attached hydrogens (tertiary/aromatic N) is 5. The minimum absolute atomic E-state index is 0.187. The minimum Gasteiger partial charge on any atom is -0.360 e. The lowest BCUT2D eigenvalue weighted by Gasteiger charge is -2.33. The first-order valence-electron chi connectivity index (χ1n) is 9.72. The topological polar surface area (TPSA) is 93.5 Å². The Balaban J connectivity index is 1.61. The number of imidazole rings is 1. The van der Waals surface area contributed by atoms with Gasteiger partial charge in [-0.05, 0) is 37.3 Å². The molecule has 7 nitrogen and oxygen atoms in total. The van der Waals surface area contributed by atoms with Crippen LogP contribution >= 0.6 is 11.6 Å². The largest absolute Gasteiger partial charge is 0.360 e. The zero-order chi connectivity index (χ0) is 21.5. The first-order chi connectivity index (χ1) is 15.1. The summed E-state index contributed by atoms with van der Waals surface area (Å²) in [6.45, 7) is 1.94. The van der Waals surface area contributed by atoms with Crippen molar-refractivity contribution in [3.8, 4) is 6.07 Å². The molecule has 3 atom stereocenters. The lowest BCUT2D eigenvalue weighted by atomic mass is 9.90. The molecule has 1 aliphatic carbocycles. The van der Waals surface area contributed by atoms with Crippen LogP contribution in [0.2, 0.25) is 0 Å². The fourth-order valence-corrected chi connectivity index (χ4v) is 4.46. The van der Waals surface area contributed by atoms with Gasteiger partial charge in [-0.15, -0.1) is 0 Å². The Morgan fingerprint density at radius 1 is 1.32 bits per heavy atom. The number of halogens is 2. The van der Waals surface area contributed by atoms with Crippen LogP contribution in [0.5, 0.6) is 0 Å². The molecule has 2 N–H and O–H groups in total. The van der Waals surface area contributed by atoms with Crippen LogP contribution in [0.4, 0.5) is 15.9 Å². The standard InChI is InChI=1S/C22H17ClFN7/c1-12(30-22-19-21(27-10-26-19)28-11-29-22)20-17(9-25)16-6-5-13(23)7-18(16)31(20)15-4-2-3-14(24)8-15/h2-8,10-12,16,18H,1H3,(H2,26,27,28,29,30). The maximum atomic E-state index is 14.1. The van der Waals surface area contributed by atoms with Gasteiger partial charge in [0.25, 0.3) is 0 Å². The Labute approximate surface area is 182 Å². The zero-order valence-electron chi connectivity index (χ0n) is 16.4. The van der Waals surface area contributed by atoms with Crippen molar-refractivity contribution in [3.05, 3.63) is 77.3 Å². The average molecular weight is 434 g/mol. The number of hydrogen-bond donors (Lipinski definition) is 2. The Bertz CT molecular complexity index is 1300. The van der Waals surface area contributed by atoms with Gasteiger partial charge in [0.15, 0.2) is 11.5 Å². The molecule has 0 saturated carbocycles. The highest BCUT2D eigenvalue weighted by molar-refractivity contribution is 6.31. The van der Waals surface area contributed by atoms with E-state index in [9.17, 15) is 9.65 Å². The normalized spacial score (nSPS) is 21.1. The number of anilines is 2. The van der Waals surface area contributed by atoms with Crippen LogP contribution in [0.1, 0.15) is 6.92 Å². The molecule has 5 rings (SSSR count). The molecule has 2 aromatic heterocycles. The molecule has 0 saturated heterocycles. The lowest BCUT2D eigenvalue weighted by molar-refractivity contribution is 0.624. The van der Waals surface area contributed by atoms with Crippen LogP contribution in [0.3, 0.4) is 0 Å². The monoisotopic (exact) mass is 433 g/mol. The number of nitrogens with one attached hydrogen (secondary N) is 2. The molecule has 31 heavy (non-hydrogen) atoms. The molecule has 0 radical (unpaired) electrons. The van der Waals surface area contributed by atoms with Crippen molar-refractivity contribution in [1.29, 1.82) is 5.26 Å². The second-order valence-corrected chi connectivity index (χ2v) is 7.81. The number of H-pyrrole nitrogens is 1.